The predicted octanol–water partition coefficient (Wildman–Crippen LogP) is 2.76. The molecule has 0 fully saturated rings. The van der Waals surface area contributed by atoms with Crippen molar-refractivity contribution in [1.29, 1.82) is 0 Å². The molecule has 0 bridgehead atoms. The van der Waals surface area contributed by atoms with E-state index in [0.717, 1.165) is 11.4 Å². The van der Waals surface area contributed by atoms with Gasteiger partial charge in [-0.15, -0.1) is 0 Å². The van der Waals surface area contributed by atoms with Gasteiger partial charge >= 0.3 is 0 Å². The van der Waals surface area contributed by atoms with Gasteiger partial charge in [0, 0.05) is 11.4 Å². The maximum absolute atomic E-state index is 8.72. The Balaban J connectivity index is 2.73. The second-order valence-corrected chi connectivity index (χ2v) is 4.15. The molecule has 3 heteroatoms. The first-order valence-electron chi connectivity index (χ1n) is 4.96. The normalized spacial score (nSPS) is 12.4. The van der Waals surface area contributed by atoms with Crippen molar-refractivity contribution in [1.82, 2.24) is 5.48 Å². The van der Waals surface area contributed by atoms with Crippen LogP contribution in [0.5, 0.6) is 0 Å². The molecular formula is C12H18N2O. The van der Waals surface area contributed by atoms with E-state index in [2.05, 4.69) is 10.8 Å². The second-order valence-electron chi connectivity index (χ2n) is 4.15. The molecular weight excluding hydrogens is 188 g/mol. The molecule has 1 aromatic carbocycles. The quantitative estimate of drug-likeness (QED) is 0.664. The third-order valence-corrected chi connectivity index (χ3v) is 1.99. The molecule has 0 radical (unpaired) electrons. The van der Waals surface area contributed by atoms with E-state index in [1.165, 1.54) is 0 Å². The number of allylic oxidation sites excluding steroid dienone is 1. The Hall–Kier alpha value is -1.48. The summed E-state index contributed by atoms with van der Waals surface area (Å²) in [6, 6.07) is 9.97. The van der Waals surface area contributed by atoms with Crippen molar-refractivity contribution in [3.63, 3.8) is 0 Å². The fraction of sp³-hybridized carbons (Fsp3) is 0.333. The van der Waals surface area contributed by atoms with Gasteiger partial charge in [-0.25, -0.2) is 0 Å². The minimum absolute atomic E-state index is 0.207. The number of nitrogens with one attached hydrogen (secondary N) is 2. The fourth-order valence-corrected chi connectivity index (χ4v) is 1.50. The average molecular weight is 206 g/mol. The van der Waals surface area contributed by atoms with Gasteiger partial charge in [0.05, 0.1) is 5.54 Å². The zero-order valence-electron chi connectivity index (χ0n) is 9.41. The molecule has 0 amide bonds. The van der Waals surface area contributed by atoms with Crippen LogP contribution in [0.3, 0.4) is 0 Å². The Morgan fingerprint density at radius 2 is 1.87 bits per heavy atom. The fourth-order valence-electron chi connectivity index (χ4n) is 1.50. The van der Waals surface area contributed by atoms with Crippen LogP contribution in [-0.2, 0) is 0 Å². The molecule has 0 aliphatic rings. The molecule has 82 valence electrons. The van der Waals surface area contributed by atoms with Crippen LogP contribution in [0.15, 0.2) is 42.1 Å². The van der Waals surface area contributed by atoms with Crippen molar-refractivity contribution in [3.8, 4) is 0 Å². The van der Waals surface area contributed by atoms with Gasteiger partial charge in [-0.05, 0) is 39.0 Å². The Morgan fingerprint density at radius 1 is 1.27 bits per heavy atom. The smallest absolute Gasteiger partial charge is 0.0520 e. The molecule has 15 heavy (non-hydrogen) atoms. The highest BCUT2D eigenvalue weighted by Gasteiger charge is 2.13. The van der Waals surface area contributed by atoms with Crippen LogP contribution in [0.4, 0.5) is 5.69 Å². The summed E-state index contributed by atoms with van der Waals surface area (Å²) in [5.41, 5.74) is 3.71. The molecule has 0 aliphatic carbocycles. The highest BCUT2D eigenvalue weighted by Crippen LogP contribution is 2.16. The number of benzene rings is 1. The van der Waals surface area contributed by atoms with Gasteiger partial charge in [-0.1, -0.05) is 18.2 Å². The molecule has 0 atom stereocenters. The molecule has 3 nitrogen and oxygen atoms in total. The maximum atomic E-state index is 8.72. The molecule has 0 unspecified atom stereocenters. The molecule has 0 heterocycles. The molecule has 0 aromatic heterocycles. The van der Waals surface area contributed by atoms with Crippen LogP contribution in [-0.4, -0.2) is 10.7 Å². The lowest BCUT2D eigenvalue weighted by Crippen LogP contribution is -2.29. The van der Waals surface area contributed by atoms with E-state index in [1.807, 2.05) is 57.2 Å². The summed E-state index contributed by atoms with van der Waals surface area (Å²) in [5.74, 6) is 0. The molecule has 0 aliphatic heterocycles. The molecule has 1 rings (SSSR count). The van der Waals surface area contributed by atoms with Gasteiger partial charge in [0.25, 0.3) is 0 Å². The van der Waals surface area contributed by atoms with Crippen molar-refractivity contribution in [2.24, 2.45) is 0 Å². The van der Waals surface area contributed by atoms with E-state index < -0.39 is 0 Å². The Labute approximate surface area is 90.8 Å². The molecule has 0 spiro atoms. The van der Waals surface area contributed by atoms with Crippen molar-refractivity contribution in [2.45, 2.75) is 26.3 Å². The first-order valence-corrected chi connectivity index (χ1v) is 4.96. The van der Waals surface area contributed by atoms with E-state index in [-0.39, 0.29) is 5.54 Å². The topological polar surface area (TPSA) is 44.3 Å². The summed E-state index contributed by atoms with van der Waals surface area (Å²) in [6.45, 7) is 5.90. The van der Waals surface area contributed by atoms with E-state index in [0.29, 0.717) is 0 Å². The lowest BCUT2D eigenvalue weighted by Gasteiger charge is -2.24. The van der Waals surface area contributed by atoms with Gasteiger partial charge < -0.3 is 5.32 Å². The summed E-state index contributed by atoms with van der Waals surface area (Å²) in [7, 11) is 0. The van der Waals surface area contributed by atoms with Crippen LogP contribution in [0, 0.1) is 0 Å². The Bertz CT molecular complexity index is 331. The first-order chi connectivity index (χ1) is 7.03. The monoisotopic (exact) mass is 206 g/mol. The Morgan fingerprint density at radius 3 is 2.40 bits per heavy atom. The van der Waals surface area contributed by atoms with E-state index >= 15 is 0 Å². The highest BCUT2D eigenvalue weighted by molar-refractivity contribution is 5.46. The summed E-state index contributed by atoms with van der Waals surface area (Å²) >= 11 is 0. The lowest BCUT2D eigenvalue weighted by atomic mass is 10.0. The van der Waals surface area contributed by atoms with Crippen molar-refractivity contribution in [3.05, 3.63) is 42.1 Å². The summed E-state index contributed by atoms with van der Waals surface area (Å²) < 4.78 is 0. The largest absolute Gasteiger partial charge is 0.377 e. The Kier molecular flexibility index (Phi) is 3.74. The van der Waals surface area contributed by atoms with E-state index in [1.54, 1.807) is 0 Å². The molecule has 1 aromatic rings. The van der Waals surface area contributed by atoms with Crippen LogP contribution < -0.4 is 10.8 Å². The minimum Gasteiger partial charge on any atom is -0.377 e. The van der Waals surface area contributed by atoms with Gasteiger partial charge in [0.2, 0.25) is 0 Å². The highest BCUT2D eigenvalue weighted by atomic mass is 16.5. The summed E-state index contributed by atoms with van der Waals surface area (Å²) in [4.78, 5) is 0. The second kappa shape index (κ2) is 4.84. The van der Waals surface area contributed by atoms with Crippen molar-refractivity contribution < 1.29 is 5.21 Å². The van der Waals surface area contributed by atoms with Crippen molar-refractivity contribution >= 4 is 5.69 Å². The molecule has 0 saturated carbocycles. The van der Waals surface area contributed by atoms with E-state index in [4.69, 9.17) is 5.21 Å². The first kappa shape index (κ1) is 11.6. The van der Waals surface area contributed by atoms with Crippen LogP contribution in [0.25, 0.3) is 0 Å². The SMILES string of the molecule is C/C(=C\C(C)(C)Nc1ccccc1)NO. The number of rotatable bonds is 4. The van der Waals surface area contributed by atoms with Crippen LogP contribution >= 0.6 is 0 Å². The van der Waals surface area contributed by atoms with Crippen molar-refractivity contribution in [2.75, 3.05) is 5.32 Å². The van der Waals surface area contributed by atoms with Crippen LogP contribution in [0.2, 0.25) is 0 Å². The third-order valence-electron chi connectivity index (χ3n) is 1.99. The number of hydroxylamine groups is 1. The maximum Gasteiger partial charge on any atom is 0.0520 e. The van der Waals surface area contributed by atoms with Gasteiger partial charge in [-0.2, -0.15) is 0 Å². The number of hydrogen-bond acceptors (Lipinski definition) is 3. The zero-order valence-corrected chi connectivity index (χ0v) is 9.41. The standard InChI is InChI=1S/C12H18N2O/c1-10(14-15)9-12(2,3)13-11-7-5-4-6-8-11/h4-9,13-15H,1-3H3/b10-9+. The zero-order chi connectivity index (χ0) is 11.3. The third kappa shape index (κ3) is 4.04. The number of para-hydroxylation sites is 1. The minimum atomic E-state index is -0.207. The average Bonchev–Trinajstić information content (AvgIpc) is 2.17. The van der Waals surface area contributed by atoms with Gasteiger partial charge in [0.1, 0.15) is 0 Å². The van der Waals surface area contributed by atoms with Gasteiger partial charge in [0.15, 0.2) is 0 Å². The van der Waals surface area contributed by atoms with Crippen LogP contribution in [0.1, 0.15) is 20.8 Å². The lowest BCUT2D eigenvalue weighted by molar-refractivity contribution is 0.199. The van der Waals surface area contributed by atoms with Gasteiger partial charge in [-0.3, -0.25) is 10.7 Å². The predicted molar refractivity (Wildman–Crippen MR) is 62.8 cm³/mol. The molecule has 0 saturated heterocycles. The summed E-state index contributed by atoms with van der Waals surface area (Å²) in [5, 5.41) is 12.1. The number of anilines is 1. The number of hydrogen-bond donors (Lipinski definition) is 3. The molecule has 3 N–H and O–H groups in total. The summed E-state index contributed by atoms with van der Waals surface area (Å²) in [6.07, 6.45) is 1.93. The van der Waals surface area contributed by atoms with E-state index in [9.17, 15) is 0 Å².